The molecule has 1 fully saturated rings. The summed E-state index contributed by atoms with van der Waals surface area (Å²) in [4.78, 5) is 20.2. The van der Waals surface area contributed by atoms with E-state index in [0.717, 1.165) is 38.5 Å². The molecule has 1 amide bonds. The number of anilines is 1. The molecule has 0 bridgehead atoms. The van der Waals surface area contributed by atoms with Gasteiger partial charge in [0.05, 0.1) is 12.2 Å². The molecule has 0 spiro atoms. The van der Waals surface area contributed by atoms with Gasteiger partial charge in [-0.2, -0.15) is 0 Å². The molecule has 2 rings (SSSR count). The van der Waals surface area contributed by atoms with E-state index in [4.69, 9.17) is 5.11 Å². The van der Waals surface area contributed by atoms with Crippen molar-refractivity contribution in [3.8, 4) is 0 Å². The molecule has 1 aromatic heterocycles. The van der Waals surface area contributed by atoms with Gasteiger partial charge in [-0.15, -0.1) is 0 Å². The number of aliphatic hydroxyl groups is 1. The Hall–Kier alpha value is -1.66. The fraction of sp³-hybridized carbons (Fsp3) is 0.538. The molecule has 0 aromatic carbocycles. The Labute approximate surface area is 113 Å². The van der Waals surface area contributed by atoms with Crippen molar-refractivity contribution in [1.29, 1.82) is 0 Å². The van der Waals surface area contributed by atoms with E-state index in [9.17, 15) is 4.79 Å². The van der Waals surface area contributed by atoms with Gasteiger partial charge in [-0.1, -0.05) is 0 Å². The number of carbonyl (C=O) groups is 1. The molecule has 0 radical (unpaired) electrons. The van der Waals surface area contributed by atoms with Crippen molar-refractivity contribution in [2.45, 2.75) is 0 Å². The minimum absolute atomic E-state index is 0.119. The monoisotopic (exact) mass is 264 g/mol. The molecule has 1 aliphatic heterocycles. The molecule has 1 aliphatic rings. The number of aromatic nitrogens is 1. The summed E-state index contributed by atoms with van der Waals surface area (Å²) in [6.45, 7) is 4.59. The van der Waals surface area contributed by atoms with E-state index >= 15 is 0 Å². The standard InChI is InChI=1S/C13H20N4O2/c1-14-13(19)11-2-3-12(15-10-11)17-6-4-16(5-7-17)8-9-18/h2-3,10,18H,4-9H2,1H3,(H,14,19). The van der Waals surface area contributed by atoms with E-state index < -0.39 is 0 Å². The Bertz CT molecular complexity index is 413. The number of nitrogens with zero attached hydrogens (tertiary/aromatic N) is 3. The van der Waals surface area contributed by atoms with Crippen LogP contribution >= 0.6 is 0 Å². The van der Waals surface area contributed by atoms with Gasteiger partial charge < -0.3 is 15.3 Å². The van der Waals surface area contributed by atoms with Crippen LogP contribution in [0.4, 0.5) is 5.82 Å². The third-order valence-corrected chi connectivity index (χ3v) is 3.35. The zero-order chi connectivity index (χ0) is 13.7. The quantitative estimate of drug-likeness (QED) is 0.771. The molecule has 6 nitrogen and oxygen atoms in total. The van der Waals surface area contributed by atoms with Gasteiger partial charge in [0.15, 0.2) is 0 Å². The number of pyridine rings is 1. The van der Waals surface area contributed by atoms with Crippen molar-refractivity contribution in [3.63, 3.8) is 0 Å². The summed E-state index contributed by atoms with van der Waals surface area (Å²) >= 11 is 0. The van der Waals surface area contributed by atoms with E-state index in [0.29, 0.717) is 5.56 Å². The smallest absolute Gasteiger partial charge is 0.252 e. The summed E-state index contributed by atoms with van der Waals surface area (Å²) in [7, 11) is 1.61. The molecule has 0 saturated carbocycles. The van der Waals surface area contributed by atoms with Gasteiger partial charge in [0.25, 0.3) is 5.91 Å². The van der Waals surface area contributed by atoms with Crippen molar-refractivity contribution in [3.05, 3.63) is 23.9 Å². The second kappa shape index (κ2) is 6.49. The minimum Gasteiger partial charge on any atom is -0.395 e. The first-order valence-electron chi connectivity index (χ1n) is 6.51. The first kappa shape index (κ1) is 13.8. The maximum absolute atomic E-state index is 11.4. The van der Waals surface area contributed by atoms with Crippen molar-refractivity contribution >= 4 is 11.7 Å². The molecule has 19 heavy (non-hydrogen) atoms. The van der Waals surface area contributed by atoms with Crippen LogP contribution in [0.15, 0.2) is 18.3 Å². The van der Waals surface area contributed by atoms with Crippen molar-refractivity contribution in [2.24, 2.45) is 0 Å². The highest BCUT2D eigenvalue weighted by molar-refractivity contribution is 5.93. The Morgan fingerprint density at radius 2 is 2.11 bits per heavy atom. The SMILES string of the molecule is CNC(=O)c1ccc(N2CCN(CCO)CC2)nc1. The fourth-order valence-corrected chi connectivity index (χ4v) is 2.19. The molecule has 6 heteroatoms. The van der Waals surface area contributed by atoms with Crippen LogP contribution in [0.2, 0.25) is 0 Å². The van der Waals surface area contributed by atoms with Crippen LogP contribution < -0.4 is 10.2 Å². The number of hydrogen-bond acceptors (Lipinski definition) is 5. The Balaban J connectivity index is 1.94. The Morgan fingerprint density at radius 3 is 2.63 bits per heavy atom. The average molecular weight is 264 g/mol. The second-order valence-corrected chi connectivity index (χ2v) is 4.54. The summed E-state index contributed by atoms with van der Waals surface area (Å²) in [5, 5.41) is 11.5. The molecule has 2 heterocycles. The van der Waals surface area contributed by atoms with E-state index in [1.165, 1.54) is 0 Å². The van der Waals surface area contributed by atoms with Gasteiger partial charge in [0, 0.05) is 46.0 Å². The zero-order valence-electron chi connectivity index (χ0n) is 11.2. The molecule has 104 valence electrons. The molecule has 0 unspecified atom stereocenters. The number of hydrogen-bond donors (Lipinski definition) is 2. The molecule has 0 aliphatic carbocycles. The minimum atomic E-state index is -0.119. The fourth-order valence-electron chi connectivity index (χ4n) is 2.19. The lowest BCUT2D eigenvalue weighted by molar-refractivity contribution is 0.0963. The number of β-amino-alcohol motifs (C(OH)–C–C–N with tert-alkyl or cyclic N) is 1. The van der Waals surface area contributed by atoms with E-state index in [2.05, 4.69) is 20.1 Å². The molecule has 1 saturated heterocycles. The number of amides is 1. The van der Waals surface area contributed by atoms with E-state index in [1.54, 1.807) is 19.3 Å². The highest BCUT2D eigenvalue weighted by atomic mass is 16.3. The van der Waals surface area contributed by atoms with E-state index in [-0.39, 0.29) is 12.5 Å². The lowest BCUT2D eigenvalue weighted by Crippen LogP contribution is -2.47. The van der Waals surface area contributed by atoms with Gasteiger partial charge in [-0.3, -0.25) is 9.69 Å². The second-order valence-electron chi connectivity index (χ2n) is 4.54. The lowest BCUT2D eigenvalue weighted by Gasteiger charge is -2.35. The van der Waals surface area contributed by atoms with Gasteiger partial charge >= 0.3 is 0 Å². The number of rotatable bonds is 4. The van der Waals surface area contributed by atoms with Gasteiger partial charge in [-0.25, -0.2) is 4.98 Å². The number of carbonyl (C=O) groups excluding carboxylic acids is 1. The van der Waals surface area contributed by atoms with Crippen LogP contribution in [0.1, 0.15) is 10.4 Å². The number of piperazine rings is 1. The summed E-state index contributed by atoms with van der Waals surface area (Å²) < 4.78 is 0. The van der Waals surface area contributed by atoms with Crippen molar-refractivity contribution in [1.82, 2.24) is 15.2 Å². The maximum Gasteiger partial charge on any atom is 0.252 e. The highest BCUT2D eigenvalue weighted by Crippen LogP contribution is 2.13. The average Bonchev–Trinajstić information content (AvgIpc) is 2.48. The van der Waals surface area contributed by atoms with Crippen LogP contribution in [0.25, 0.3) is 0 Å². The molecular formula is C13H20N4O2. The third-order valence-electron chi connectivity index (χ3n) is 3.35. The zero-order valence-corrected chi connectivity index (χ0v) is 11.2. The van der Waals surface area contributed by atoms with Crippen LogP contribution in [0.5, 0.6) is 0 Å². The third kappa shape index (κ3) is 3.42. The summed E-state index contributed by atoms with van der Waals surface area (Å²) in [5.41, 5.74) is 0.574. The van der Waals surface area contributed by atoms with Crippen molar-refractivity contribution in [2.75, 3.05) is 51.3 Å². The number of aliphatic hydroxyl groups excluding tert-OH is 1. The normalized spacial score (nSPS) is 16.4. The largest absolute Gasteiger partial charge is 0.395 e. The predicted molar refractivity (Wildman–Crippen MR) is 73.4 cm³/mol. The van der Waals surface area contributed by atoms with E-state index in [1.807, 2.05) is 6.07 Å². The molecular weight excluding hydrogens is 244 g/mol. The topological polar surface area (TPSA) is 68.7 Å². The van der Waals surface area contributed by atoms with Crippen LogP contribution in [0.3, 0.4) is 0 Å². The van der Waals surface area contributed by atoms with Crippen LogP contribution in [-0.4, -0.2) is 67.3 Å². The summed E-state index contributed by atoms with van der Waals surface area (Å²) in [6.07, 6.45) is 1.61. The Kier molecular flexibility index (Phi) is 4.70. The highest BCUT2D eigenvalue weighted by Gasteiger charge is 2.17. The van der Waals surface area contributed by atoms with Crippen LogP contribution in [-0.2, 0) is 0 Å². The Morgan fingerprint density at radius 1 is 1.37 bits per heavy atom. The summed E-state index contributed by atoms with van der Waals surface area (Å²) in [5.74, 6) is 0.781. The molecule has 2 N–H and O–H groups in total. The first-order chi connectivity index (χ1) is 9.24. The van der Waals surface area contributed by atoms with Gasteiger partial charge in [0.2, 0.25) is 0 Å². The first-order valence-corrected chi connectivity index (χ1v) is 6.51. The molecule has 0 atom stereocenters. The van der Waals surface area contributed by atoms with Gasteiger partial charge in [-0.05, 0) is 12.1 Å². The molecule has 1 aromatic rings. The maximum atomic E-state index is 11.4. The van der Waals surface area contributed by atoms with Crippen LogP contribution in [0, 0.1) is 0 Å². The van der Waals surface area contributed by atoms with Crippen molar-refractivity contribution < 1.29 is 9.90 Å². The number of nitrogens with one attached hydrogen (secondary N) is 1. The van der Waals surface area contributed by atoms with Gasteiger partial charge in [0.1, 0.15) is 5.82 Å². The summed E-state index contributed by atoms with van der Waals surface area (Å²) in [6, 6.07) is 3.67. The lowest BCUT2D eigenvalue weighted by atomic mass is 10.2. The predicted octanol–water partition coefficient (Wildman–Crippen LogP) is -0.444.